The second-order valence-electron chi connectivity index (χ2n) is 8.28. The predicted molar refractivity (Wildman–Crippen MR) is 129 cm³/mol. The van der Waals surface area contributed by atoms with E-state index >= 15 is 0 Å². The third-order valence-electron chi connectivity index (χ3n) is 6.06. The van der Waals surface area contributed by atoms with Crippen LogP contribution in [0.15, 0.2) is 17.5 Å². The number of rotatable bonds is 8. The van der Waals surface area contributed by atoms with Crippen molar-refractivity contribution in [2.24, 2.45) is 5.92 Å². The number of fused-ring (bicyclic) bond motifs is 1. The minimum atomic E-state index is -0.0761. The Bertz CT molecular complexity index is 1060. The van der Waals surface area contributed by atoms with Gasteiger partial charge in [-0.3, -0.25) is 9.69 Å². The molecule has 1 saturated heterocycles. The Hall–Kier alpha value is -2.07. The van der Waals surface area contributed by atoms with Crippen LogP contribution in [0.4, 0.5) is 0 Å². The highest BCUT2D eigenvalue weighted by Crippen LogP contribution is 2.35. The smallest absolute Gasteiger partial charge is 0.261 e. The van der Waals surface area contributed by atoms with Gasteiger partial charge in [-0.2, -0.15) is 4.98 Å². The maximum atomic E-state index is 13.2. The van der Waals surface area contributed by atoms with E-state index in [9.17, 15) is 4.79 Å². The maximum absolute atomic E-state index is 13.2. The van der Waals surface area contributed by atoms with E-state index in [1.165, 1.54) is 29.1 Å². The lowest BCUT2D eigenvalue weighted by atomic mass is 9.97. The summed E-state index contributed by atoms with van der Waals surface area (Å²) in [6.45, 7) is 7.26. The van der Waals surface area contributed by atoms with Crippen molar-refractivity contribution in [2.45, 2.75) is 39.3 Å². The number of hydrogen-bond donors (Lipinski definition) is 1. The number of carbonyl (C=O) groups is 1. The molecule has 0 aromatic carbocycles. The molecular formula is C23H30N4O3S2. The van der Waals surface area contributed by atoms with Gasteiger partial charge in [0.05, 0.1) is 23.4 Å². The summed E-state index contributed by atoms with van der Waals surface area (Å²) in [6.07, 6.45) is 2.40. The van der Waals surface area contributed by atoms with E-state index in [0.717, 1.165) is 34.8 Å². The SMILES string of the molecule is COCc1nc(OC)c2c(C)c(C(=O)NCC(c3cccs3)N3CCC(C)CC3)sc2n1. The monoisotopic (exact) mass is 474 g/mol. The van der Waals surface area contributed by atoms with Crippen LogP contribution in [0.5, 0.6) is 5.88 Å². The zero-order valence-corrected chi connectivity index (χ0v) is 20.6. The Kier molecular flexibility index (Phi) is 7.40. The van der Waals surface area contributed by atoms with Gasteiger partial charge >= 0.3 is 0 Å². The van der Waals surface area contributed by atoms with Gasteiger partial charge in [-0.15, -0.1) is 22.7 Å². The zero-order chi connectivity index (χ0) is 22.7. The number of aromatic nitrogens is 2. The Morgan fingerprint density at radius 1 is 1.31 bits per heavy atom. The van der Waals surface area contributed by atoms with E-state index in [-0.39, 0.29) is 11.9 Å². The molecule has 1 aliphatic rings. The second-order valence-corrected chi connectivity index (χ2v) is 10.3. The van der Waals surface area contributed by atoms with Crippen LogP contribution in [0.25, 0.3) is 10.2 Å². The summed E-state index contributed by atoms with van der Waals surface area (Å²) in [5.74, 6) is 1.72. The molecule has 9 heteroatoms. The molecule has 4 rings (SSSR count). The zero-order valence-electron chi connectivity index (χ0n) is 19.0. The van der Waals surface area contributed by atoms with Gasteiger partial charge in [-0.1, -0.05) is 13.0 Å². The number of methoxy groups -OCH3 is 2. The van der Waals surface area contributed by atoms with Gasteiger partial charge in [0.25, 0.3) is 5.91 Å². The average molecular weight is 475 g/mol. The number of carbonyl (C=O) groups excluding carboxylic acids is 1. The highest BCUT2D eigenvalue weighted by Gasteiger charge is 2.27. The fourth-order valence-corrected chi connectivity index (χ4v) is 6.17. The van der Waals surface area contributed by atoms with Gasteiger partial charge in [0.15, 0.2) is 5.82 Å². The normalized spacial score (nSPS) is 16.4. The van der Waals surface area contributed by atoms with Crippen molar-refractivity contribution < 1.29 is 14.3 Å². The van der Waals surface area contributed by atoms with Crippen molar-refractivity contribution in [1.82, 2.24) is 20.2 Å². The summed E-state index contributed by atoms with van der Waals surface area (Å²) < 4.78 is 10.7. The molecule has 3 aromatic heterocycles. The minimum Gasteiger partial charge on any atom is -0.480 e. The van der Waals surface area contributed by atoms with Gasteiger partial charge in [0, 0.05) is 18.5 Å². The fourth-order valence-electron chi connectivity index (χ4n) is 4.20. The molecule has 0 spiro atoms. The van der Waals surface area contributed by atoms with Crippen molar-refractivity contribution in [1.29, 1.82) is 0 Å². The van der Waals surface area contributed by atoms with Crippen LogP contribution in [-0.2, 0) is 11.3 Å². The predicted octanol–water partition coefficient (Wildman–Crippen LogP) is 4.42. The van der Waals surface area contributed by atoms with Crippen LogP contribution in [0.3, 0.4) is 0 Å². The number of nitrogens with zero attached hydrogens (tertiary/aromatic N) is 3. The molecule has 1 atom stereocenters. The van der Waals surface area contributed by atoms with Crippen molar-refractivity contribution in [2.75, 3.05) is 33.9 Å². The molecule has 1 N–H and O–H groups in total. The molecule has 1 unspecified atom stereocenters. The molecule has 0 radical (unpaired) electrons. The number of piperidine rings is 1. The van der Waals surface area contributed by atoms with E-state index in [0.29, 0.717) is 29.7 Å². The highest BCUT2D eigenvalue weighted by atomic mass is 32.1. The topological polar surface area (TPSA) is 76.6 Å². The van der Waals surface area contributed by atoms with Crippen molar-refractivity contribution in [3.63, 3.8) is 0 Å². The third-order valence-corrected chi connectivity index (χ3v) is 8.22. The van der Waals surface area contributed by atoms with Crippen LogP contribution in [0, 0.1) is 12.8 Å². The molecule has 4 heterocycles. The minimum absolute atomic E-state index is 0.0761. The van der Waals surface area contributed by atoms with E-state index < -0.39 is 0 Å². The van der Waals surface area contributed by atoms with Gasteiger partial charge < -0.3 is 14.8 Å². The Labute approximate surface area is 196 Å². The van der Waals surface area contributed by atoms with Gasteiger partial charge in [0.2, 0.25) is 5.88 Å². The quantitative estimate of drug-likeness (QED) is 0.521. The van der Waals surface area contributed by atoms with Crippen molar-refractivity contribution >= 4 is 38.8 Å². The first-order valence-corrected chi connectivity index (χ1v) is 12.6. The fraction of sp³-hybridized carbons (Fsp3) is 0.522. The number of aryl methyl sites for hydroxylation is 1. The average Bonchev–Trinajstić information content (AvgIpc) is 3.43. The lowest BCUT2D eigenvalue weighted by Gasteiger charge is -2.36. The van der Waals surface area contributed by atoms with E-state index in [2.05, 4.69) is 44.6 Å². The maximum Gasteiger partial charge on any atom is 0.261 e. The molecule has 7 nitrogen and oxygen atoms in total. The first-order chi connectivity index (χ1) is 15.5. The molecule has 0 bridgehead atoms. The number of ether oxygens (including phenoxy) is 2. The summed E-state index contributed by atoms with van der Waals surface area (Å²) in [4.78, 5) is 27.4. The van der Waals surface area contributed by atoms with E-state index in [4.69, 9.17) is 9.47 Å². The van der Waals surface area contributed by atoms with E-state index in [1.54, 1.807) is 25.6 Å². The van der Waals surface area contributed by atoms with Crippen molar-refractivity contribution in [3.05, 3.63) is 38.7 Å². The lowest BCUT2D eigenvalue weighted by Crippen LogP contribution is -2.41. The first-order valence-electron chi connectivity index (χ1n) is 10.9. The van der Waals surface area contributed by atoms with Crippen molar-refractivity contribution in [3.8, 4) is 5.88 Å². The Balaban J connectivity index is 1.55. The van der Waals surface area contributed by atoms with Crippen LogP contribution in [-0.4, -0.2) is 54.6 Å². The standard InChI is InChI=1S/C23H30N4O3S2/c1-14-7-9-27(10-8-14)16(17-6-5-11-31-17)12-24-21(28)20-15(2)19-22(30-4)25-18(13-29-3)26-23(19)32-20/h5-6,11,14,16H,7-10,12-13H2,1-4H3,(H,24,28). The number of hydrogen-bond acceptors (Lipinski definition) is 8. The van der Waals surface area contributed by atoms with Crippen LogP contribution in [0.2, 0.25) is 0 Å². The summed E-state index contributed by atoms with van der Waals surface area (Å²) >= 11 is 3.13. The molecule has 1 amide bonds. The number of thiophene rings is 2. The summed E-state index contributed by atoms with van der Waals surface area (Å²) in [5, 5.41) is 6.10. The Morgan fingerprint density at radius 2 is 2.09 bits per heavy atom. The number of nitrogens with one attached hydrogen (secondary N) is 1. The largest absolute Gasteiger partial charge is 0.480 e. The lowest BCUT2D eigenvalue weighted by molar-refractivity contribution is 0.0918. The van der Waals surface area contributed by atoms with Gasteiger partial charge in [0.1, 0.15) is 11.4 Å². The highest BCUT2D eigenvalue weighted by molar-refractivity contribution is 7.20. The number of likely N-dealkylation sites (tertiary alicyclic amines) is 1. The Morgan fingerprint density at radius 3 is 2.75 bits per heavy atom. The molecular weight excluding hydrogens is 444 g/mol. The molecule has 0 saturated carbocycles. The second kappa shape index (κ2) is 10.2. The molecule has 0 aliphatic carbocycles. The third kappa shape index (κ3) is 4.80. The molecule has 1 fully saturated rings. The summed E-state index contributed by atoms with van der Waals surface area (Å²) in [6, 6.07) is 4.45. The molecule has 172 valence electrons. The molecule has 3 aromatic rings. The van der Waals surface area contributed by atoms with Gasteiger partial charge in [-0.25, -0.2) is 4.98 Å². The molecule has 32 heavy (non-hydrogen) atoms. The van der Waals surface area contributed by atoms with Gasteiger partial charge in [-0.05, 0) is 55.8 Å². The van der Waals surface area contributed by atoms with Crippen LogP contribution >= 0.6 is 22.7 Å². The number of amides is 1. The first kappa shape index (κ1) is 23.1. The summed E-state index contributed by atoms with van der Waals surface area (Å²) in [5.41, 5.74) is 0.850. The van der Waals surface area contributed by atoms with Crippen LogP contribution < -0.4 is 10.1 Å². The summed E-state index contributed by atoms with van der Waals surface area (Å²) in [7, 11) is 3.19. The van der Waals surface area contributed by atoms with Crippen LogP contribution in [0.1, 0.15) is 51.7 Å². The van der Waals surface area contributed by atoms with E-state index in [1.807, 2.05) is 6.92 Å². The molecule has 1 aliphatic heterocycles.